The fourth-order valence-corrected chi connectivity index (χ4v) is 1.82. The lowest BCUT2D eigenvalue weighted by atomic mass is 10.1. The van der Waals surface area contributed by atoms with Gasteiger partial charge in [-0.2, -0.15) is 0 Å². The maximum atomic E-state index is 11.8. The molecule has 2 aromatic rings. The highest BCUT2D eigenvalue weighted by Gasteiger charge is 2.10. The molecule has 4 nitrogen and oxygen atoms in total. The largest absolute Gasteiger partial charge is 0.392 e. The van der Waals surface area contributed by atoms with Crippen LogP contribution in [0.5, 0.6) is 0 Å². The number of anilines is 1. The SMILES string of the molecule is CC(NC(=O)Nc1cccc2ccccc12)C(N)=S. The number of carbonyl (C=O) groups is 1. The maximum Gasteiger partial charge on any atom is 0.319 e. The van der Waals surface area contributed by atoms with Crippen LogP contribution in [-0.2, 0) is 0 Å². The smallest absolute Gasteiger partial charge is 0.319 e. The Kier molecular flexibility index (Phi) is 3.97. The summed E-state index contributed by atoms with van der Waals surface area (Å²) in [6, 6.07) is 12.9. The first-order valence-corrected chi connectivity index (χ1v) is 6.33. The Bertz CT molecular complexity index is 622. The third kappa shape index (κ3) is 3.20. The van der Waals surface area contributed by atoms with Crippen molar-refractivity contribution in [3.8, 4) is 0 Å². The van der Waals surface area contributed by atoms with Gasteiger partial charge in [0.05, 0.1) is 16.7 Å². The van der Waals surface area contributed by atoms with E-state index in [0.29, 0.717) is 0 Å². The number of thiocarbonyl (C=S) groups is 1. The van der Waals surface area contributed by atoms with Gasteiger partial charge in [-0.05, 0) is 18.4 Å². The van der Waals surface area contributed by atoms with Gasteiger partial charge in [-0.1, -0.05) is 48.6 Å². The molecule has 0 spiro atoms. The minimum atomic E-state index is -0.343. The van der Waals surface area contributed by atoms with Crippen molar-refractivity contribution >= 4 is 39.7 Å². The van der Waals surface area contributed by atoms with Crippen molar-refractivity contribution in [3.63, 3.8) is 0 Å². The average Bonchev–Trinajstić information content (AvgIpc) is 2.39. The molecule has 0 aliphatic heterocycles. The van der Waals surface area contributed by atoms with Crippen molar-refractivity contribution in [2.45, 2.75) is 13.0 Å². The highest BCUT2D eigenvalue weighted by atomic mass is 32.1. The summed E-state index contributed by atoms with van der Waals surface area (Å²) >= 11 is 4.81. The van der Waals surface area contributed by atoms with E-state index in [2.05, 4.69) is 10.6 Å². The third-order valence-corrected chi connectivity index (χ3v) is 3.17. The molecule has 2 aromatic carbocycles. The first kappa shape index (κ1) is 13.3. The first-order valence-electron chi connectivity index (χ1n) is 5.92. The molecular weight excluding hydrogens is 258 g/mol. The van der Waals surface area contributed by atoms with Crippen molar-refractivity contribution in [2.75, 3.05) is 5.32 Å². The quantitative estimate of drug-likeness (QED) is 0.753. The van der Waals surface area contributed by atoms with E-state index < -0.39 is 0 Å². The number of benzene rings is 2. The molecule has 5 heteroatoms. The Labute approximate surface area is 117 Å². The highest BCUT2D eigenvalue weighted by Crippen LogP contribution is 2.22. The lowest BCUT2D eigenvalue weighted by Gasteiger charge is -2.14. The third-order valence-electron chi connectivity index (χ3n) is 2.81. The van der Waals surface area contributed by atoms with Crippen molar-refractivity contribution in [2.24, 2.45) is 5.73 Å². The van der Waals surface area contributed by atoms with Crippen LogP contribution < -0.4 is 16.4 Å². The fraction of sp³-hybridized carbons (Fsp3) is 0.143. The highest BCUT2D eigenvalue weighted by molar-refractivity contribution is 7.80. The molecular formula is C14H15N3OS. The van der Waals surface area contributed by atoms with Crippen LogP contribution in [0.3, 0.4) is 0 Å². The number of amides is 2. The average molecular weight is 273 g/mol. The minimum Gasteiger partial charge on any atom is -0.392 e. The summed E-state index contributed by atoms with van der Waals surface area (Å²) in [5, 5.41) is 7.54. The second-order valence-corrected chi connectivity index (χ2v) is 4.72. The standard InChI is InChI=1S/C14H15N3OS/c1-9(13(15)19)16-14(18)17-12-8-4-6-10-5-2-3-7-11(10)12/h2-9H,1H3,(H2,15,19)(H2,16,17,18). The van der Waals surface area contributed by atoms with E-state index in [1.165, 1.54) is 0 Å². The van der Waals surface area contributed by atoms with E-state index in [0.717, 1.165) is 16.5 Å². The maximum absolute atomic E-state index is 11.8. The van der Waals surface area contributed by atoms with E-state index in [-0.39, 0.29) is 17.1 Å². The summed E-state index contributed by atoms with van der Waals surface area (Å²) in [4.78, 5) is 12.1. The number of nitrogens with one attached hydrogen (secondary N) is 2. The van der Waals surface area contributed by atoms with Gasteiger partial charge >= 0.3 is 6.03 Å². The van der Waals surface area contributed by atoms with Crippen LogP contribution in [0.15, 0.2) is 42.5 Å². The molecule has 2 rings (SSSR count). The molecule has 0 fully saturated rings. The zero-order valence-electron chi connectivity index (χ0n) is 10.5. The van der Waals surface area contributed by atoms with Gasteiger partial charge in [-0.15, -0.1) is 0 Å². The number of fused-ring (bicyclic) bond motifs is 1. The molecule has 4 N–H and O–H groups in total. The van der Waals surface area contributed by atoms with Crippen LogP contribution in [0, 0.1) is 0 Å². The van der Waals surface area contributed by atoms with Gasteiger partial charge < -0.3 is 16.4 Å². The zero-order chi connectivity index (χ0) is 13.8. The summed E-state index contributed by atoms with van der Waals surface area (Å²) in [6.45, 7) is 1.74. The summed E-state index contributed by atoms with van der Waals surface area (Å²) in [5.74, 6) is 0. The Balaban J connectivity index is 2.17. The molecule has 0 bridgehead atoms. The Morgan fingerprint density at radius 3 is 2.63 bits per heavy atom. The van der Waals surface area contributed by atoms with Crippen LogP contribution in [0.2, 0.25) is 0 Å². The molecule has 0 heterocycles. The molecule has 0 aromatic heterocycles. The zero-order valence-corrected chi connectivity index (χ0v) is 11.3. The normalized spacial score (nSPS) is 11.8. The van der Waals surface area contributed by atoms with Gasteiger partial charge in [0, 0.05) is 5.39 Å². The van der Waals surface area contributed by atoms with Gasteiger partial charge in [0.1, 0.15) is 0 Å². The van der Waals surface area contributed by atoms with Gasteiger partial charge in [0.2, 0.25) is 0 Å². The van der Waals surface area contributed by atoms with E-state index in [9.17, 15) is 4.79 Å². The van der Waals surface area contributed by atoms with Crippen LogP contribution in [0.25, 0.3) is 10.8 Å². The molecule has 2 amide bonds. The summed E-state index contributed by atoms with van der Waals surface area (Å²) in [7, 11) is 0. The number of urea groups is 1. The van der Waals surface area contributed by atoms with Gasteiger partial charge in [0.15, 0.2) is 0 Å². The Hall–Kier alpha value is -2.14. The molecule has 1 atom stereocenters. The number of rotatable bonds is 3. The molecule has 1 unspecified atom stereocenters. The summed E-state index contributed by atoms with van der Waals surface area (Å²) < 4.78 is 0. The van der Waals surface area contributed by atoms with Gasteiger partial charge in [-0.25, -0.2) is 4.79 Å². The molecule has 0 saturated carbocycles. The first-order chi connectivity index (χ1) is 9.08. The molecule has 0 aliphatic carbocycles. The predicted molar refractivity (Wildman–Crippen MR) is 82.3 cm³/mol. The second-order valence-electron chi connectivity index (χ2n) is 4.25. The summed E-state index contributed by atoms with van der Waals surface area (Å²) in [5.41, 5.74) is 6.21. The Morgan fingerprint density at radius 2 is 1.89 bits per heavy atom. The number of hydrogen-bond acceptors (Lipinski definition) is 2. The molecule has 0 aliphatic rings. The van der Waals surface area contributed by atoms with Gasteiger partial charge in [0.25, 0.3) is 0 Å². The lowest BCUT2D eigenvalue weighted by Crippen LogP contribution is -2.43. The number of hydrogen-bond donors (Lipinski definition) is 3. The molecule has 19 heavy (non-hydrogen) atoms. The van der Waals surface area contributed by atoms with Gasteiger partial charge in [-0.3, -0.25) is 0 Å². The van der Waals surface area contributed by atoms with Crippen molar-refractivity contribution < 1.29 is 4.79 Å². The molecule has 0 saturated heterocycles. The minimum absolute atomic E-state index is 0.257. The fourth-order valence-electron chi connectivity index (χ4n) is 1.76. The number of carbonyl (C=O) groups excluding carboxylic acids is 1. The van der Waals surface area contributed by atoms with E-state index in [4.69, 9.17) is 18.0 Å². The second kappa shape index (κ2) is 5.67. The van der Waals surface area contributed by atoms with E-state index in [1.54, 1.807) is 6.92 Å². The summed E-state index contributed by atoms with van der Waals surface area (Å²) in [6.07, 6.45) is 0. The molecule has 98 valence electrons. The topological polar surface area (TPSA) is 67.2 Å². The van der Waals surface area contributed by atoms with Crippen LogP contribution in [-0.4, -0.2) is 17.1 Å². The monoisotopic (exact) mass is 273 g/mol. The Morgan fingerprint density at radius 1 is 1.21 bits per heavy atom. The van der Waals surface area contributed by atoms with Crippen molar-refractivity contribution in [1.82, 2.24) is 5.32 Å². The van der Waals surface area contributed by atoms with Crippen LogP contribution >= 0.6 is 12.2 Å². The number of nitrogens with two attached hydrogens (primary N) is 1. The molecule has 0 radical (unpaired) electrons. The van der Waals surface area contributed by atoms with E-state index in [1.807, 2.05) is 42.5 Å². The lowest BCUT2D eigenvalue weighted by molar-refractivity contribution is 0.251. The predicted octanol–water partition coefficient (Wildman–Crippen LogP) is 2.64. The van der Waals surface area contributed by atoms with Crippen molar-refractivity contribution in [1.29, 1.82) is 0 Å². The van der Waals surface area contributed by atoms with Crippen LogP contribution in [0.1, 0.15) is 6.92 Å². The van der Waals surface area contributed by atoms with Crippen molar-refractivity contribution in [3.05, 3.63) is 42.5 Å². The van der Waals surface area contributed by atoms with Crippen LogP contribution in [0.4, 0.5) is 10.5 Å². The van der Waals surface area contributed by atoms with E-state index >= 15 is 0 Å².